The van der Waals surface area contributed by atoms with Crippen molar-refractivity contribution in [3.63, 3.8) is 0 Å². The van der Waals surface area contributed by atoms with Crippen molar-refractivity contribution in [3.05, 3.63) is 0 Å². The van der Waals surface area contributed by atoms with Gasteiger partial charge in [-0.15, -0.1) is 0 Å². The van der Waals surface area contributed by atoms with Crippen LogP contribution >= 0.6 is 45.2 Å². The van der Waals surface area contributed by atoms with E-state index in [0.29, 0.717) is 11.0 Å². The van der Waals surface area contributed by atoms with Crippen LogP contribution in [0.4, 0.5) is 13.2 Å². The molecule has 0 bridgehead atoms. The Labute approximate surface area is 73.0 Å². The number of halogens is 5. The molecule has 0 aromatic rings. The van der Waals surface area contributed by atoms with E-state index in [1.165, 1.54) is 0 Å². The minimum Gasteiger partial charge on any atom is -0.187 e. The second-order valence-electron chi connectivity index (χ2n) is 0.958. The molecular weight excluding hydrogens is 230 g/mol. The number of hydrogen-bond donors (Lipinski definition) is 0. The number of alkyl halides is 3. The molecule has 0 unspecified atom stereocenters. The fraction of sp³-hybridized carbons (Fsp3) is 0.500. The highest BCUT2D eigenvalue weighted by Crippen LogP contribution is 2.32. The van der Waals surface area contributed by atoms with Gasteiger partial charge in [-0.2, -0.15) is 17.6 Å². The van der Waals surface area contributed by atoms with Gasteiger partial charge in [-0.1, -0.05) is 11.6 Å². The van der Waals surface area contributed by atoms with E-state index in [9.17, 15) is 13.2 Å². The Balaban J connectivity index is 3.73. The lowest BCUT2D eigenvalue weighted by molar-refractivity contribution is -0.0327. The Hall–Kier alpha value is 0.740. The van der Waals surface area contributed by atoms with Gasteiger partial charge in [0, 0.05) is 11.0 Å². The van der Waals surface area contributed by atoms with Crippen LogP contribution in [0.5, 0.6) is 0 Å². The topological polar surface area (TPSA) is 12.4 Å². The van der Waals surface area contributed by atoms with Crippen LogP contribution in [0, 0.1) is 0 Å². The lowest BCUT2D eigenvalue weighted by Crippen LogP contribution is -1.97. The van der Waals surface area contributed by atoms with Gasteiger partial charge in [-0.3, -0.25) is 0 Å². The summed E-state index contributed by atoms with van der Waals surface area (Å²) in [6.07, 6.45) is 0. The van der Waals surface area contributed by atoms with Crippen molar-refractivity contribution in [1.82, 2.24) is 0 Å². The molecular formula is C2Cl2F3NS2. The van der Waals surface area contributed by atoms with E-state index in [2.05, 4.69) is 4.40 Å². The average Bonchev–Trinajstić information content (AvgIpc) is 1.81. The molecule has 0 saturated heterocycles. The lowest BCUT2D eigenvalue weighted by Gasteiger charge is -1.97. The fourth-order valence-electron chi connectivity index (χ4n) is 0.102. The maximum Gasteiger partial charge on any atom is 0.463 e. The van der Waals surface area contributed by atoms with Gasteiger partial charge in [-0.05, 0) is 10.7 Å². The zero-order valence-electron chi connectivity index (χ0n) is 4.15. The molecule has 0 aromatic carbocycles. The molecule has 0 radical (unpaired) electrons. The third-order valence-electron chi connectivity index (χ3n) is 0.285. The second kappa shape index (κ2) is 4.58. The van der Waals surface area contributed by atoms with Crippen LogP contribution in [0.25, 0.3) is 0 Å². The monoisotopic (exact) mass is 229 g/mol. The van der Waals surface area contributed by atoms with Crippen molar-refractivity contribution >= 4 is 49.7 Å². The van der Waals surface area contributed by atoms with Crippen molar-refractivity contribution in [3.8, 4) is 0 Å². The van der Waals surface area contributed by atoms with Gasteiger partial charge >= 0.3 is 5.51 Å². The van der Waals surface area contributed by atoms with E-state index in [1.54, 1.807) is 0 Å². The zero-order valence-corrected chi connectivity index (χ0v) is 7.30. The van der Waals surface area contributed by atoms with Crippen LogP contribution in [0.3, 0.4) is 0 Å². The smallest absolute Gasteiger partial charge is 0.187 e. The molecule has 1 nitrogen and oxygen atoms in total. The summed E-state index contributed by atoms with van der Waals surface area (Å²) in [6, 6.07) is 0. The van der Waals surface area contributed by atoms with Crippen LogP contribution in [-0.4, -0.2) is 10.0 Å². The summed E-state index contributed by atoms with van der Waals surface area (Å²) >= 11 is 4.45. The van der Waals surface area contributed by atoms with Gasteiger partial charge < -0.3 is 0 Å². The van der Waals surface area contributed by atoms with Gasteiger partial charge in [0.15, 0.2) is 4.50 Å². The Morgan fingerprint density at radius 1 is 1.40 bits per heavy atom. The van der Waals surface area contributed by atoms with Crippen LogP contribution in [0.1, 0.15) is 0 Å². The van der Waals surface area contributed by atoms with Crippen LogP contribution in [-0.2, 0) is 0 Å². The van der Waals surface area contributed by atoms with Crippen molar-refractivity contribution in [1.29, 1.82) is 0 Å². The third-order valence-corrected chi connectivity index (χ3v) is 2.19. The Kier molecular flexibility index (Phi) is 4.92. The lowest BCUT2D eigenvalue weighted by atomic mass is 11.6. The summed E-state index contributed by atoms with van der Waals surface area (Å²) in [5.74, 6) is 0. The molecule has 0 aliphatic rings. The van der Waals surface area contributed by atoms with Gasteiger partial charge in [0.1, 0.15) is 0 Å². The summed E-state index contributed by atoms with van der Waals surface area (Å²) in [6.45, 7) is 0. The van der Waals surface area contributed by atoms with Crippen molar-refractivity contribution in [2.24, 2.45) is 4.40 Å². The molecule has 0 amide bonds. The van der Waals surface area contributed by atoms with Crippen molar-refractivity contribution in [2.75, 3.05) is 0 Å². The SMILES string of the molecule is FC(F)(F)S/N=C(/Cl)SCl. The molecule has 60 valence electrons. The molecule has 0 aliphatic carbocycles. The summed E-state index contributed by atoms with van der Waals surface area (Å²) in [4.78, 5) is 0. The largest absolute Gasteiger partial charge is 0.463 e. The molecule has 10 heavy (non-hydrogen) atoms. The van der Waals surface area contributed by atoms with Crippen LogP contribution < -0.4 is 0 Å². The van der Waals surface area contributed by atoms with Gasteiger partial charge in [0.2, 0.25) is 0 Å². The van der Waals surface area contributed by atoms with Gasteiger partial charge in [-0.25, -0.2) is 0 Å². The zero-order chi connectivity index (χ0) is 8.20. The third kappa shape index (κ3) is 6.85. The maximum atomic E-state index is 11.3. The molecule has 0 atom stereocenters. The van der Waals surface area contributed by atoms with Crippen LogP contribution in [0.2, 0.25) is 0 Å². The van der Waals surface area contributed by atoms with E-state index in [4.69, 9.17) is 22.3 Å². The first-order valence-corrected chi connectivity index (χ1v) is 4.52. The average molecular weight is 230 g/mol. The number of rotatable bonds is 1. The number of nitrogens with zero attached hydrogens (tertiary/aromatic N) is 1. The Morgan fingerprint density at radius 3 is 2.20 bits per heavy atom. The van der Waals surface area contributed by atoms with E-state index < -0.39 is 17.5 Å². The molecule has 0 spiro atoms. The molecule has 0 aliphatic heterocycles. The quantitative estimate of drug-likeness (QED) is 0.387. The molecule has 0 N–H and O–H groups in total. The Morgan fingerprint density at radius 2 is 1.90 bits per heavy atom. The minimum atomic E-state index is -4.40. The Bertz CT molecular complexity index is 135. The molecule has 0 aromatic heterocycles. The minimum absolute atomic E-state index is 0.344. The van der Waals surface area contributed by atoms with Gasteiger partial charge in [0.25, 0.3) is 0 Å². The van der Waals surface area contributed by atoms with E-state index in [1.807, 2.05) is 0 Å². The van der Waals surface area contributed by atoms with E-state index >= 15 is 0 Å². The predicted octanol–water partition coefficient (Wildman–Crippen LogP) is 3.64. The molecule has 0 heterocycles. The first-order valence-electron chi connectivity index (χ1n) is 1.72. The maximum absolute atomic E-state index is 11.3. The highest BCUT2D eigenvalue weighted by Gasteiger charge is 2.28. The molecule has 0 fully saturated rings. The summed E-state index contributed by atoms with van der Waals surface area (Å²) in [5.41, 5.74) is -4.40. The molecule has 0 saturated carbocycles. The molecule has 8 heteroatoms. The van der Waals surface area contributed by atoms with Crippen molar-refractivity contribution < 1.29 is 13.2 Å². The molecule has 0 rings (SSSR count). The standard InChI is InChI=1S/C2Cl2F3NS2/c3-1(9-4)8-10-2(5,6)7/b8-1-. The van der Waals surface area contributed by atoms with E-state index in [-0.39, 0.29) is 4.50 Å². The first-order chi connectivity index (χ1) is 4.45. The first kappa shape index (κ1) is 10.7. The van der Waals surface area contributed by atoms with Crippen molar-refractivity contribution in [2.45, 2.75) is 5.51 Å². The fourth-order valence-corrected chi connectivity index (χ4v) is 0.859. The van der Waals surface area contributed by atoms with Gasteiger partial charge in [0.05, 0.1) is 11.9 Å². The highest BCUT2D eigenvalue weighted by molar-refractivity contribution is 8.35. The van der Waals surface area contributed by atoms with Crippen LogP contribution in [0.15, 0.2) is 4.40 Å². The summed E-state index contributed by atoms with van der Waals surface area (Å²) in [7, 11) is 5.39. The predicted molar refractivity (Wildman–Crippen MR) is 40.4 cm³/mol. The summed E-state index contributed by atoms with van der Waals surface area (Å²) < 4.78 is 36.4. The normalized spacial score (nSPS) is 13.9. The number of hydrogen-bond acceptors (Lipinski definition) is 3. The highest BCUT2D eigenvalue weighted by atomic mass is 35.7. The van der Waals surface area contributed by atoms with E-state index in [0.717, 1.165) is 0 Å². The second-order valence-corrected chi connectivity index (χ2v) is 3.37. The summed E-state index contributed by atoms with van der Waals surface area (Å²) in [5, 5.41) is 0.